The molecule has 0 amide bonds. The predicted molar refractivity (Wildman–Crippen MR) is 136 cm³/mol. The van der Waals surface area contributed by atoms with E-state index in [2.05, 4.69) is 46.8 Å². The van der Waals surface area contributed by atoms with Crippen LogP contribution in [0.15, 0.2) is 12.2 Å². The van der Waals surface area contributed by atoms with Gasteiger partial charge in [-0.05, 0) is 43.4 Å². The van der Waals surface area contributed by atoms with Gasteiger partial charge in [-0.3, -0.25) is 0 Å². The summed E-state index contributed by atoms with van der Waals surface area (Å²) in [6.07, 6.45) is 31.7. The molecule has 0 bridgehead atoms. The van der Waals surface area contributed by atoms with Gasteiger partial charge in [0.15, 0.2) is 0 Å². The van der Waals surface area contributed by atoms with Gasteiger partial charge in [-0.25, -0.2) is 0 Å². The van der Waals surface area contributed by atoms with Gasteiger partial charge in [0.1, 0.15) is 0 Å². The Morgan fingerprint density at radius 2 is 0.793 bits per heavy atom. The molecule has 0 aliphatic carbocycles. The van der Waals surface area contributed by atoms with Crippen molar-refractivity contribution >= 4 is 0 Å². The van der Waals surface area contributed by atoms with Crippen molar-refractivity contribution in [2.75, 3.05) is 0 Å². The van der Waals surface area contributed by atoms with Gasteiger partial charge in [0.05, 0.1) is 0 Å². The lowest BCUT2D eigenvalue weighted by molar-refractivity contribution is 0.379. The fourth-order valence-electron chi connectivity index (χ4n) is 4.42. The summed E-state index contributed by atoms with van der Waals surface area (Å²) < 4.78 is 0. The molecule has 0 aromatic carbocycles. The molecule has 3 unspecified atom stereocenters. The van der Waals surface area contributed by atoms with Crippen LogP contribution in [0, 0.1) is 17.8 Å². The first-order valence-electron chi connectivity index (χ1n) is 13.7. The maximum atomic E-state index is 2.48. The summed E-state index contributed by atoms with van der Waals surface area (Å²) in [6.45, 7) is 12.0. The van der Waals surface area contributed by atoms with Crippen LogP contribution in [0.1, 0.15) is 157 Å². The van der Waals surface area contributed by atoms with Crippen LogP contribution in [0.3, 0.4) is 0 Å². The Morgan fingerprint density at radius 1 is 0.414 bits per heavy atom. The van der Waals surface area contributed by atoms with E-state index in [1.54, 1.807) is 0 Å². The fraction of sp³-hybridized carbons (Fsp3) is 0.931. The van der Waals surface area contributed by atoms with Crippen LogP contribution in [-0.2, 0) is 0 Å². The van der Waals surface area contributed by atoms with E-state index in [4.69, 9.17) is 0 Å². The van der Waals surface area contributed by atoms with Crippen LogP contribution >= 0.6 is 0 Å². The Kier molecular flexibility index (Phi) is 22.2. The van der Waals surface area contributed by atoms with Crippen LogP contribution in [0.4, 0.5) is 0 Å². The largest absolute Gasteiger partial charge is 0.0885 e. The summed E-state index contributed by atoms with van der Waals surface area (Å²) in [6, 6.07) is 0. The second-order valence-corrected chi connectivity index (χ2v) is 10.3. The van der Waals surface area contributed by atoms with Crippen LogP contribution < -0.4 is 0 Å². The minimum absolute atomic E-state index is 0.931. The minimum atomic E-state index is 0.931. The van der Waals surface area contributed by atoms with Crippen molar-refractivity contribution in [3.05, 3.63) is 12.2 Å². The molecule has 0 fully saturated rings. The molecule has 0 aliphatic heterocycles. The van der Waals surface area contributed by atoms with Gasteiger partial charge in [0.25, 0.3) is 0 Å². The monoisotopic (exact) mass is 406 g/mol. The summed E-state index contributed by atoms with van der Waals surface area (Å²) in [7, 11) is 0. The maximum Gasteiger partial charge on any atom is -0.0351 e. The normalized spacial score (nSPS) is 15.1. The zero-order valence-electron chi connectivity index (χ0n) is 21.3. The number of rotatable bonds is 22. The van der Waals surface area contributed by atoms with Gasteiger partial charge in [-0.2, -0.15) is 0 Å². The Morgan fingerprint density at radius 3 is 1.34 bits per heavy atom. The second kappa shape index (κ2) is 22.4. The van der Waals surface area contributed by atoms with Gasteiger partial charge in [0, 0.05) is 0 Å². The summed E-state index contributed by atoms with van der Waals surface area (Å²) in [5.41, 5.74) is 0. The van der Waals surface area contributed by atoms with Crippen molar-refractivity contribution in [2.24, 2.45) is 17.8 Å². The van der Waals surface area contributed by atoms with Gasteiger partial charge < -0.3 is 0 Å². The highest BCUT2D eigenvalue weighted by atomic mass is 14.1. The molecule has 0 aromatic rings. The topological polar surface area (TPSA) is 0 Å². The van der Waals surface area contributed by atoms with Crippen LogP contribution in [0.2, 0.25) is 0 Å². The minimum Gasteiger partial charge on any atom is -0.0885 e. The predicted octanol–water partition coefficient (Wildman–Crippen LogP) is 10.9. The average molecular weight is 407 g/mol. The molecule has 0 heterocycles. The zero-order chi connectivity index (χ0) is 21.6. The Labute approximate surface area is 186 Å². The van der Waals surface area contributed by atoms with E-state index in [1.807, 2.05) is 0 Å². The SMILES string of the molecule is CCCCCCC(C)CCC(C)CCCCCC=CCCCC(C)CCCCC. The van der Waals surface area contributed by atoms with Crippen molar-refractivity contribution in [3.8, 4) is 0 Å². The highest BCUT2D eigenvalue weighted by molar-refractivity contribution is 4.81. The van der Waals surface area contributed by atoms with Crippen LogP contribution in [-0.4, -0.2) is 0 Å². The highest BCUT2D eigenvalue weighted by Gasteiger charge is 2.07. The molecule has 3 atom stereocenters. The summed E-state index contributed by atoms with van der Waals surface area (Å²) >= 11 is 0. The third-order valence-corrected chi connectivity index (χ3v) is 6.81. The molecule has 0 aliphatic rings. The number of allylic oxidation sites excluding steroid dienone is 2. The Bertz CT molecular complexity index is 329. The van der Waals surface area contributed by atoms with E-state index in [0.29, 0.717) is 0 Å². The van der Waals surface area contributed by atoms with E-state index < -0.39 is 0 Å². The number of hydrogen-bond acceptors (Lipinski definition) is 0. The molecule has 0 saturated heterocycles. The smallest absolute Gasteiger partial charge is 0.0351 e. The summed E-state index contributed by atoms with van der Waals surface area (Å²) in [5, 5.41) is 0. The summed E-state index contributed by atoms with van der Waals surface area (Å²) in [5.74, 6) is 2.81. The Balaban J connectivity index is 3.40. The van der Waals surface area contributed by atoms with E-state index in [-0.39, 0.29) is 0 Å². The first-order valence-corrected chi connectivity index (χ1v) is 13.7. The van der Waals surface area contributed by atoms with Crippen molar-refractivity contribution in [1.29, 1.82) is 0 Å². The molecule has 0 aromatic heterocycles. The van der Waals surface area contributed by atoms with Crippen LogP contribution in [0.5, 0.6) is 0 Å². The molecule has 0 radical (unpaired) electrons. The molecule has 0 heteroatoms. The van der Waals surface area contributed by atoms with Crippen molar-refractivity contribution in [1.82, 2.24) is 0 Å². The number of unbranched alkanes of at least 4 members (excludes halogenated alkanes) is 9. The van der Waals surface area contributed by atoms with Crippen molar-refractivity contribution in [2.45, 2.75) is 157 Å². The lowest BCUT2D eigenvalue weighted by Crippen LogP contribution is -2.01. The molecule has 0 N–H and O–H groups in total. The molecular weight excluding hydrogens is 348 g/mol. The maximum absolute atomic E-state index is 2.48. The average Bonchev–Trinajstić information content (AvgIpc) is 2.71. The molecule has 0 spiro atoms. The fourth-order valence-corrected chi connectivity index (χ4v) is 4.42. The van der Waals surface area contributed by atoms with E-state index in [0.717, 1.165) is 17.8 Å². The third-order valence-electron chi connectivity index (χ3n) is 6.81. The van der Waals surface area contributed by atoms with E-state index in [1.165, 1.54) is 122 Å². The molecular formula is C29H58. The number of hydrogen-bond donors (Lipinski definition) is 0. The quantitative estimate of drug-likeness (QED) is 0.124. The lowest BCUT2D eigenvalue weighted by Gasteiger charge is -2.15. The molecule has 29 heavy (non-hydrogen) atoms. The van der Waals surface area contributed by atoms with Crippen molar-refractivity contribution in [3.63, 3.8) is 0 Å². The molecule has 0 saturated carbocycles. The van der Waals surface area contributed by atoms with Gasteiger partial charge in [0.2, 0.25) is 0 Å². The summed E-state index contributed by atoms with van der Waals surface area (Å²) in [4.78, 5) is 0. The van der Waals surface area contributed by atoms with Gasteiger partial charge >= 0.3 is 0 Å². The zero-order valence-corrected chi connectivity index (χ0v) is 21.3. The first kappa shape index (κ1) is 28.7. The van der Waals surface area contributed by atoms with E-state index in [9.17, 15) is 0 Å². The van der Waals surface area contributed by atoms with Crippen LogP contribution in [0.25, 0.3) is 0 Å². The Hall–Kier alpha value is -0.260. The molecule has 0 rings (SSSR count). The van der Waals surface area contributed by atoms with E-state index >= 15 is 0 Å². The second-order valence-electron chi connectivity index (χ2n) is 10.3. The lowest BCUT2D eigenvalue weighted by atomic mass is 9.91. The third kappa shape index (κ3) is 22.3. The first-order chi connectivity index (χ1) is 14.1. The molecule has 0 nitrogen and oxygen atoms in total. The molecule has 174 valence electrons. The standard InChI is InChI=1S/C29H58/c1-6-8-10-18-23-28(4)25-26-29(5)24-20-16-14-12-11-13-15-19-22-27(3)21-17-9-7-2/h11,13,27-29H,6-10,12,14-26H2,1-5H3. The van der Waals surface area contributed by atoms with Gasteiger partial charge in [-0.15, -0.1) is 0 Å². The van der Waals surface area contributed by atoms with Gasteiger partial charge in [-0.1, -0.05) is 143 Å². The van der Waals surface area contributed by atoms with Crippen molar-refractivity contribution < 1.29 is 0 Å². The highest BCUT2D eigenvalue weighted by Crippen LogP contribution is 2.22.